The molecule has 0 amide bonds. The van der Waals surface area contributed by atoms with Gasteiger partial charge in [0.15, 0.2) is 0 Å². The minimum absolute atomic E-state index is 0.760. The predicted molar refractivity (Wildman–Crippen MR) is 86.6 cm³/mol. The quantitative estimate of drug-likeness (QED) is 0.910. The van der Waals surface area contributed by atoms with Crippen LogP contribution in [0.25, 0.3) is 10.8 Å². The molecule has 2 nitrogen and oxygen atoms in total. The minimum atomic E-state index is 0.760. The fraction of sp³-hybridized carbons (Fsp3) is 0.474. The second-order valence-electron chi connectivity index (χ2n) is 6.71. The van der Waals surface area contributed by atoms with Gasteiger partial charge in [0.25, 0.3) is 0 Å². The third-order valence-electron chi connectivity index (χ3n) is 5.42. The van der Waals surface area contributed by atoms with Gasteiger partial charge in [-0.05, 0) is 65.6 Å². The van der Waals surface area contributed by atoms with Crippen molar-refractivity contribution in [2.75, 3.05) is 7.11 Å². The number of benzene rings is 2. The number of fused-ring (bicyclic) bond motifs is 3. The molecule has 2 heteroatoms. The molecule has 4 rings (SSSR count). The molecule has 110 valence electrons. The van der Waals surface area contributed by atoms with Crippen molar-refractivity contribution >= 4 is 10.8 Å². The molecule has 0 radical (unpaired) electrons. The van der Waals surface area contributed by atoms with Crippen molar-refractivity contribution in [3.8, 4) is 5.75 Å². The van der Waals surface area contributed by atoms with Crippen LogP contribution in [0.15, 0.2) is 36.4 Å². The number of hydrogen-bond donors (Lipinski definition) is 1. The van der Waals surface area contributed by atoms with Gasteiger partial charge in [-0.3, -0.25) is 0 Å². The fourth-order valence-electron chi connectivity index (χ4n) is 4.25. The Hall–Kier alpha value is -1.54. The summed E-state index contributed by atoms with van der Waals surface area (Å²) in [6.45, 7) is 0.996. The average molecular weight is 281 g/mol. The van der Waals surface area contributed by atoms with Gasteiger partial charge in [0.1, 0.15) is 5.75 Å². The first-order chi connectivity index (χ1) is 10.3. The van der Waals surface area contributed by atoms with Crippen LogP contribution in [0.4, 0.5) is 0 Å². The highest BCUT2D eigenvalue weighted by Crippen LogP contribution is 2.44. The third-order valence-corrected chi connectivity index (χ3v) is 5.42. The Morgan fingerprint density at radius 1 is 1.05 bits per heavy atom. The van der Waals surface area contributed by atoms with Gasteiger partial charge in [-0.15, -0.1) is 0 Å². The molecule has 0 heterocycles. The van der Waals surface area contributed by atoms with Gasteiger partial charge >= 0.3 is 0 Å². The van der Waals surface area contributed by atoms with Crippen LogP contribution in [0.5, 0.6) is 5.75 Å². The standard InChI is InChI=1S/C19H23NO/c1-21-18-7-6-15-9-14(3-4-16(15)11-18)12-20-19-10-13-2-5-17(19)8-13/h3-4,6-7,9,11,13,17,19-20H,2,5,8,10,12H2,1H3. The van der Waals surface area contributed by atoms with Gasteiger partial charge in [-0.1, -0.05) is 24.6 Å². The van der Waals surface area contributed by atoms with Gasteiger partial charge in [-0.25, -0.2) is 0 Å². The van der Waals surface area contributed by atoms with Crippen LogP contribution in [-0.2, 0) is 6.54 Å². The maximum atomic E-state index is 5.28. The second-order valence-corrected chi connectivity index (χ2v) is 6.71. The van der Waals surface area contributed by atoms with Crippen LogP contribution in [-0.4, -0.2) is 13.2 Å². The zero-order valence-corrected chi connectivity index (χ0v) is 12.6. The fourth-order valence-corrected chi connectivity index (χ4v) is 4.25. The van der Waals surface area contributed by atoms with Gasteiger partial charge in [0, 0.05) is 12.6 Å². The molecule has 0 spiro atoms. The summed E-state index contributed by atoms with van der Waals surface area (Å²) < 4.78 is 5.28. The zero-order valence-electron chi connectivity index (χ0n) is 12.6. The van der Waals surface area contributed by atoms with E-state index >= 15 is 0 Å². The minimum Gasteiger partial charge on any atom is -0.497 e. The highest BCUT2D eigenvalue weighted by Gasteiger charge is 2.38. The Balaban J connectivity index is 1.46. The topological polar surface area (TPSA) is 21.3 Å². The molecule has 2 fully saturated rings. The molecule has 0 aliphatic heterocycles. The smallest absolute Gasteiger partial charge is 0.119 e. The van der Waals surface area contributed by atoms with E-state index in [-0.39, 0.29) is 0 Å². The first-order valence-corrected chi connectivity index (χ1v) is 8.12. The van der Waals surface area contributed by atoms with E-state index in [1.807, 2.05) is 6.07 Å². The average Bonchev–Trinajstić information content (AvgIpc) is 3.15. The summed E-state index contributed by atoms with van der Waals surface area (Å²) in [5.74, 6) is 2.88. The molecule has 2 aliphatic carbocycles. The Morgan fingerprint density at radius 3 is 2.67 bits per heavy atom. The summed E-state index contributed by atoms with van der Waals surface area (Å²) in [5, 5.41) is 6.33. The van der Waals surface area contributed by atoms with E-state index in [1.165, 1.54) is 42.0 Å². The second kappa shape index (κ2) is 5.34. The number of rotatable bonds is 4. The molecular formula is C19H23NO. The van der Waals surface area contributed by atoms with Crippen LogP contribution in [0.3, 0.4) is 0 Å². The molecule has 3 atom stereocenters. The molecule has 21 heavy (non-hydrogen) atoms. The largest absolute Gasteiger partial charge is 0.497 e. The predicted octanol–water partition coefficient (Wildman–Crippen LogP) is 4.13. The highest BCUT2D eigenvalue weighted by atomic mass is 16.5. The van der Waals surface area contributed by atoms with Gasteiger partial charge in [0.2, 0.25) is 0 Å². The van der Waals surface area contributed by atoms with Crippen LogP contribution in [0, 0.1) is 11.8 Å². The molecule has 2 aromatic rings. The normalized spacial score (nSPS) is 27.4. The summed E-state index contributed by atoms with van der Waals surface area (Å²) in [4.78, 5) is 0. The molecule has 2 bridgehead atoms. The zero-order chi connectivity index (χ0) is 14.2. The van der Waals surface area contributed by atoms with E-state index in [0.717, 1.165) is 30.2 Å². The molecule has 3 unspecified atom stereocenters. The number of hydrogen-bond acceptors (Lipinski definition) is 2. The maximum Gasteiger partial charge on any atom is 0.119 e. The summed E-state index contributed by atoms with van der Waals surface area (Å²) in [6.07, 6.45) is 5.78. The van der Waals surface area contributed by atoms with Crippen LogP contribution in [0.1, 0.15) is 31.2 Å². The van der Waals surface area contributed by atoms with Crippen molar-refractivity contribution in [2.45, 2.75) is 38.3 Å². The van der Waals surface area contributed by atoms with Crippen LogP contribution >= 0.6 is 0 Å². The molecule has 0 saturated heterocycles. The summed E-state index contributed by atoms with van der Waals surface area (Å²) >= 11 is 0. The highest BCUT2D eigenvalue weighted by molar-refractivity contribution is 5.84. The Morgan fingerprint density at radius 2 is 1.90 bits per heavy atom. The van der Waals surface area contributed by atoms with E-state index in [1.54, 1.807) is 7.11 Å². The van der Waals surface area contributed by atoms with E-state index < -0.39 is 0 Å². The first-order valence-electron chi connectivity index (χ1n) is 8.12. The van der Waals surface area contributed by atoms with Crippen molar-refractivity contribution in [1.29, 1.82) is 0 Å². The molecule has 2 aliphatic rings. The van der Waals surface area contributed by atoms with Crippen LogP contribution < -0.4 is 10.1 Å². The van der Waals surface area contributed by atoms with Gasteiger partial charge in [-0.2, -0.15) is 0 Å². The van der Waals surface area contributed by atoms with Crippen LogP contribution in [0.2, 0.25) is 0 Å². The van der Waals surface area contributed by atoms with Gasteiger partial charge < -0.3 is 10.1 Å². The van der Waals surface area contributed by atoms with Crippen molar-refractivity contribution in [2.24, 2.45) is 11.8 Å². The summed E-state index contributed by atoms with van der Waals surface area (Å²) in [7, 11) is 1.72. The third kappa shape index (κ3) is 2.53. The van der Waals surface area contributed by atoms with E-state index in [2.05, 4.69) is 35.6 Å². The van der Waals surface area contributed by atoms with Gasteiger partial charge in [0.05, 0.1) is 7.11 Å². The van der Waals surface area contributed by atoms with E-state index in [0.29, 0.717) is 0 Å². The lowest BCUT2D eigenvalue weighted by atomic mass is 9.95. The van der Waals surface area contributed by atoms with Crippen molar-refractivity contribution in [3.05, 3.63) is 42.0 Å². The molecule has 1 N–H and O–H groups in total. The maximum absolute atomic E-state index is 5.28. The number of methoxy groups -OCH3 is 1. The van der Waals surface area contributed by atoms with Crippen molar-refractivity contribution in [3.63, 3.8) is 0 Å². The van der Waals surface area contributed by atoms with E-state index in [4.69, 9.17) is 4.74 Å². The van der Waals surface area contributed by atoms with E-state index in [9.17, 15) is 0 Å². The number of nitrogens with one attached hydrogen (secondary N) is 1. The SMILES string of the molecule is COc1ccc2cc(CNC3CC4CCC3C4)ccc2c1. The van der Waals surface area contributed by atoms with Crippen molar-refractivity contribution < 1.29 is 4.74 Å². The summed E-state index contributed by atoms with van der Waals surface area (Å²) in [6, 6.07) is 13.8. The lowest BCUT2D eigenvalue weighted by Crippen LogP contribution is -2.33. The number of ether oxygens (including phenoxy) is 1. The Labute approximate surface area is 126 Å². The monoisotopic (exact) mass is 281 g/mol. The Kier molecular flexibility index (Phi) is 3.34. The lowest BCUT2D eigenvalue weighted by Gasteiger charge is -2.23. The molecule has 2 aromatic carbocycles. The Bertz CT molecular complexity index is 651. The first kappa shape index (κ1) is 13.1. The van der Waals surface area contributed by atoms with Crippen molar-refractivity contribution in [1.82, 2.24) is 5.32 Å². The summed E-state index contributed by atoms with van der Waals surface area (Å²) in [5.41, 5.74) is 1.38. The molecule has 2 saturated carbocycles. The lowest BCUT2D eigenvalue weighted by molar-refractivity contribution is 0.351. The molecule has 0 aromatic heterocycles. The molecular weight excluding hydrogens is 258 g/mol.